The third-order valence-electron chi connectivity index (χ3n) is 3.56. The van der Waals surface area contributed by atoms with Gasteiger partial charge >= 0.3 is 11.9 Å². The average molecular weight is 362 g/mol. The summed E-state index contributed by atoms with van der Waals surface area (Å²) in [6.07, 6.45) is 2.11. The van der Waals surface area contributed by atoms with Gasteiger partial charge in [0, 0.05) is 23.0 Å². The van der Waals surface area contributed by atoms with E-state index in [0.717, 1.165) is 18.6 Å². The maximum absolute atomic E-state index is 9.28. The van der Waals surface area contributed by atoms with Crippen LogP contribution >= 0.6 is 0 Å². The van der Waals surface area contributed by atoms with Gasteiger partial charge in [-0.3, -0.25) is 0 Å². The van der Waals surface area contributed by atoms with Crippen LogP contribution in [0.15, 0.2) is 25.3 Å². The monoisotopic (exact) mass is 362 g/mol. The van der Waals surface area contributed by atoms with E-state index in [2.05, 4.69) is 13.2 Å². The highest BCUT2D eigenvalue weighted by atomic mass is 16.7. The van der Waals surface area contributed by atoms with Crippen LogP contribution in [0.2, 0.25) is 0 Å². The van der Waals surface area contributed by atoms with Crippen molar-refractivity contribution in [3.63, 3.8) is 0 Å². The predicted molar refractivity (Wildman–Crippen MR) is 92.0 cm³/mol. The Morgan fingerprint density at radius 1 is 1.12 bits per heavy atom. The minimum Gasteiger partial charge on any atom is -0.478 e. The minimum absolute atomic E-state index is 0.0237. The molecule has 1 aliphatic rings. The molecule has 0 atom stereocenters. The second-order valence-electron chi connectivity index (χ2n) is 6.20. The Hall–Kier alpha value is -1.74. The van der Waals surface area contributed by atoms with Crippen LogP contribution < -0.4 is 0 Å². The van der Waals surface area contributed by atoms with Gasteiger partial charge in [-0.15, -0.1) is 0 Å². The lowest BCUT2D eigenvalue weighted by Gasteiger charge is -2.43. The lowest BCUT2D eigenvalue weighted by Crippen LogP contribution is -2.49. The summed E-state index contributed by atoms with van der Waals surface area (Å²) in [5.74, 6) is -1.96. The van der Waals surface area contributed by atoms with Gasteiger partial charge in [-0.25, -0.2) is 9.59 Å². The molecule has 25 heavy (non-hydrogen) atoms. The molecule has 1 aliphatic heterocycles. The molecule has 0 aliphatic carbocycles. The van der Waals surface area contributed by atoms with E-state index in [1.165, 1.54) is 0 Å². The zero-order valence-corrected chi connectivity index (χ0v) is 15.1. The second kappa shape index (κ2) is 12.6. The first-order valence-electron chi connectivity index (χ1n) is 7.69. The molecular weight excluding hydrogens is 332 g/mol. The van der Waals surface area contributed by atoms with E-state index in [-0.39, 0.29) is 24.9 Å². The summed E-state index contributed by atoms with van der Waals surface area (Å²) in [6.45, 7) is 12.8. The molecule has 0 spiro atoms. The fourth-order valence-electron chi connectivity index (χ4n) is 1.53. The molecule has 0 radical (unpaired) electrons. The van der Waals surface area contributed by atoms with Crippen LogP contribution in [0.1, 0.15) is 27.2 Å². The first-order chi connectivity index (χ1) is 11.5. The van der Waals surface area contributed by atoms with Gasteiger partial charge < -0.3 is 29.9 Å². The van der Waals surface area contributed by atoms with Crippen molar-refractivity contribution in [3.05, 3.63) is 25.3 Å². The fourth-order valence-corrected chi connectivity index (χ4v) is 1.53. The molecule has 146 valence electrons. The van der Waals surface area contributed by atoms with Crippen LogP contribution in [-0.4, -0.2) is 65.1 Å². The third-order valence-corrected chi connectivity index (χ3v) is 3.56. The molecule has 0 aromatic heterocycles. The van der Waals surface area contributed by atoms with Crippen LogP contribution in [0.25, 0.3) is 0 Å². The Morgan fingerprint density at radius 3 is 1.68 bits per heavy atom. The van der Waals surface area contributed by atoms with Gasteiger partial charge in [0.1, 0.15) is 0 Å². The van der Waals surface area contributed by atoms with E-state index in [1.807, 2.05) is 20.8 Å². The minimum atomic E-state index is -0.981. The van der Waals surface area contributed by atoms with E-state index in [1.54, 1.807) is 0 Å². The van der Waals surface area contributed by atoms with Gasteiger partial charge in [-0.05, 0) is 6.42 Å². The molecule has 0 bridgehead atoms. The van der Waals surface area contributed by atoms with E-state index < -0.39 is 17.4 Å². The zero-order valence-electron chi connectivity index (χ0n) is 15.1. The molecule has 1 rings (SSSR count). The molecule has 0 amide bonds. The number of hydrogen-bond donors (Lipinski definition) is 4. The lowest BCUT2D eigenvalue weighted by atomic mass is 9.86. The van der Waals surface area contributed by atoms with Crippen molar-refractivity contribution < 1.29 is 39.5 Å². The van der Waals surface area contributed by atoms with Crippen molar-refractivity contribution in [2.24, 2.45) is 10.8 Å². The van der Waals surface area contributed by atoms with Crippen LogP contribution in [0, 0.1) is 10.8 Å². The zero-order chi connectivity index (χ0) is 20.1. The summed E-state index contributed by atoms with van der Waals surface area (Å²) in [6, 6.07) is 0. The Morgan fingerprint density at radius 2 is 1.48 bits per heavy atom. The van der Waals surface area contributed by atoms with E-state index in [9.17, 15) is 19.8 Å². The molecule has 0 aromatic carbocycles. The van der Waals surface area contributed by atoms with Gasteiger partial charge in [0.05, 0.1) is 26.4 Å². The first-order valence-corrected chi connectivity index (χ1v) is 7.69. The number of ether oxygens (including phenoxy) is 2. The van der Waals surface area contributed by atoms with E-state index in [0.29, 0.717) is 13.2 Å². The number of aliphatic hydroxyl groups is 2. The molecule has 0 saturated carbocycles. The Kier molecular flexibility index (Phi) is 12.8. The van der Waals surface area contributed by atoms with Crippen LogP contribution in [0.4, 0.5) is 0 Å². The highest BCUT2D eigenvalue weighted by Crippen LogP contribution is 2.34. The maximum atomic E-state index is 9.28. The van der Waals surface area contributed by atoms with Crippen molar-refractivity contribution in [1.82, 2.24) is 0 Å². The van der Waals surface area contributed by atoms with E-state index >= 15 is 0 Å². The number of aliphatic hydroxyl groups excluding tert-OH is 2. The number of carboxylic acids is 2. The molecule has 1 heterocycles. The first kappa shape index (κ1) is 25.5. The van der Waals surface area contributed by atoms with E-state index in [4.69, 9.17) is 19.7 Å². The molecule has 1 saturated heterocycles. The summed E-state index contributed by atoms with van der Waals surface area (Å²) in [4.78, 5) is 18.5. The quantitative estimate of drug-likeness (QED) is 0.519. The molecule has 8 nitrogen and oxygen atoms in total. The smallest absolute Gasteiger partial charge is 0.327 e. The van der Waals surface area contributed by atoms with Crippen molar-refractivity contribution in [3.8, 4) is 0 Å². The second-order valence-corrected chi connectivity index (χ2v) is 6.20. The summed E-state index contributed by atoms with van der Waals surface area (Å²) in [5.41, 5.74) is -0.655. The topological polar surface area (TPSA) is 134 Å². The number of carboxylic acid groups (broad SMARTS) is 2. The highest BCUT2D eigenvalue weighted by molar-refractivity contribution is 5.79. The standard InChI is InChI=1S/C11H22O4.2C3H4O2/c1-4-11(6-13)7-14-9(15-8-11)10(2,3)5-12;2*1-2-3(4)5/h9,12-13H,4-8H2,1-3H3;2*2H,1H2,(H,4,5). The number of hydrogen-bond acceptors (Lipinski definition) is 6. The molecule has 0 unspecified atom stereocenters. The lowest BCUT2D eigenvalue weighted by molar-refractivity contribution is -0.279. The summed E-state index contributed by atoms with van der Waals surface area (Å²) in [7, 11) is 0. The normalized spacial score (nSPS) is 22.4. The van der Waals surface area contributed by atoms with Crippen molar-refractivity contribution in [2.45, 2.75) is 33.5 Å². The molecular formula is C17H30O8. The fraction of sp³-hybridized carbons (Fsp3) is 0.647. The van der Waals surface area contributed by atoms with Crippen LogP contribution in [-0.2, 0) is 19.1 Å². The van der Waals surface area contributed by atoms with Crippen molar-refractivity contribution in [2.75, 3.05) is 26.4 Å². The van der Waals surface area contributed by atoms with Gasteiger partial charge in [0.25, 0.3) is 0 Å². The van der Waals surface area contributed by atoms with Gasteiger partial charge in [-0.2, -0.15) is 0 Å². The average Bonchev–Trinajstić information content (AvgIpc) is 2.62. The molecule has 1 fully saturated rings. The highest BCUT2D eigenvalue weighted by Gasteiger charge is 2.40. The summed E-state index contributed by atoms with van der Waals surface area (Å²) < 4.78 is 11.2. The molecule has 0 aromatic rings. The SMILES string of the molecule is C=CC(=O)O.C=CC(=O)O.CCC1(CO)COC(C(C)(C)CO)OC1. The van der Waals surface area contributed by atoms with Crippen LogP contribution in [0.5, 0.6) is 0 Å². The predicted octanol–water partition coefficient (Wildman–Crippen LogP) is 1.28. The Balaban J connectivity index is 0. The molecule has 8 heteroatoms. The van der Waals surface area contributed by atoms with Gasteiger partial charge in [-0.1, -0.05) is 33.9 Å². The summed E-state index contributed by atoms with van der Waals surface area (Å²) >= 11 is 0. The molecule has 4 N–H and O–H groups in total. The summed E-state index contributed by atoms with van der Waals surface area (Å²) in [5, 5.41) is 33.7. The van der Waals surface area contributed by atoms with Gasteiger partial charge in [0.15, 0.2) is 6.29 Å². The Bertz CT molecular complexity index is 398. The van der Waals surface area contributed by atoms with Gasteiger partial charge in [0.2, 0.25) is 0 Å². The number of aliphatic carboxylic acids is 2. The maximum Gasteiger partial charge on any atom is 0.327 e. The largest absolute Gasteiger partial charge is 0.478 e. The number of carbonyl (C=O) groups is 2. The number of rotatable bonds is 6. The Labute approximate surface area is 148 Å². The van der Waals surface area contributed by atoms with Crippen LogP contribution in [0.3, 0.4) is 0 Å². The van der Waals surface area contributed by atoms with Crippen molar-refractivity contribution >= 4 is 11.9 Å². The third kappa shape index (κ3) is 10.7. The van der Waals surface area contributed by atoms with Crippen molar-refractivity contribution in [1.29, 1.82) is 0 Å².